The van der Waals surface area contributed by atoms with Crippen LogP contribution in [0, 0.1) is 17.8 Å². The van der Waals surface area contributed by atoms with Gasteiger partial charge in [-0.15, -0.1) is 0 Å². The zero-order chi connectivity index (χ0) is 16.2. The Bertz CT molecular complexity index is 551. The highest BCUT2D eigenvalue weighted by molar-refractivity contribution is 5.91. The van der Waals surface area contributed by atoms with E-state index in [4.69, 9.17) is 9.47 Å². The molecule has 2 saturated heterocycles. The molecular weight excluding hydrogens is 294 g/mol. The number of ether oxygens (including phenoxy) is 2. The van der Waals surface area contributed by atoms with Gasteiger partial charge in [-0.25, -0.2) is 0 Å². The Morgan fingerprint density at radius 3 is 2.87 bits per heavy atom. The number of hydrogen-bond donors (Lipinski definition) is 0. The van der Waals surface area contributed by atoms with Crippen LogP contribution in [-0.4, -0.2) is 47.7 Å². The molecular formula is C18H25NO4. The first kappa shape index (κ1) is 15.2. The molecule has 0 aromatic heterocycles. The Morgan fingerprint density at radius 1 is 1.43 bits per heavy atom. The largest absolute Gasteiger partial charge is 0.465 e. The molecule has 0 N–H and O–H groups in total. The normalized spacial score (nSPS) is 38.8. The summed E-state index contributed by atoms with van der Waals surface area (Å²) in [6.07, 6.45) is 8.18. The standard InChI is InChI=1S/C18H25NO4/c1-11(2)9-22-17(21)14-13-7-8-18(23-13)10-19(16(20)15(14)18)12-5-3-4-6-12/h7-8,11-15H,3-6,9-10H2,1-2H3/t13-,14+,15+,18-/m1/s1. The number of likely N-dealkylation sites (tertiary alicyclic amines) is 1. The summed E-state index contributed by atoms with van der Waals surface area (Å²) in [6, 6.07) is 0.325. The molecule has 23 heavy (non-hydrogen) atoms. The molecule has 3 fully saturated rings. The van der Waals surface area contributed by atoms with Crippen molar-refractivity contribution in [2.75, 3.05) is 13.2 Å². The summed E-state index contributed by atoms with van der Waals surface area (Å²) in [6.45, 7) is 5.01. The molecule has 2 bridgehead atoms. The summed E-state index contributed by atoms with van der Waals surface area (Å²) in [5.41, 5.74) is -0.591. The van der Waals surface area contributed by atoms with Crippen LogP contribution in [0.1, 0.15) is 39.5 Å². The second-order valence-electron chi connectivity index (χ2n) is 7.83. The van der Waals surface area contributed by atoms with Crippen molar-refractivity contribution in [1.29, 1.82) is 0 Å². The predicted molar refractivity (Wildman–Crippen MR) is 83.5 cm³/mol. The van der Waals surface area contributed by atoms with Gasteiger partial charge in [0.1, 0.15) is 11.5 Å². The van der Waals surface area contributed by atoms with Crippen LogP contribution >= 0.6 is 0 Å². The number of carbonyl (C=O) groups excluding carboxylic acids is 2. The minimum atomic E-state index is -0.591. The van der Waals surface area contributed by atoms with Gasteiger partial charge in [-0.2, -0.15) is 0 Å². The van der Waals surface area contributed by atoms with E-state index in [9.17, 15) is 9.59 Å². The minimum Gasteiger partial charge on any atom is -0.465 e. The molecule has 0 aromatic rings. The van der Waals surface area contributed by atoms with E-state index in [0.29, 0.717) is 19.2 Å². The topological polar surface area (TPSA) is 55.8 Å². The lowest BCUT2D eigenvalue weighted by Crippen LogP contribution is -2.41. The Labute approximate surface area is 137 Å². The van der Waals surface area contributed by atoms with Gasteiger partial charge in [0.2, 0.25) is 5.91 Å². The van der Waals surface area contributed by atoms with Gasteiger partial charge >= 0.3 is 5.97 Å². The molecule has 5 heteroatoms. The first-order chi connectivity index (χ1) is 11.0. The summed E-state index contributed by atoms with van der Waals surface area (Å²) in [7, 11) is 0. The minimum absolute atomic E-state index is 0.0928. The number of carbonyl (C=O) groups is 2. The zero-order valence-corrected chi connectivity index (χ0v) is 13.9. The average molecular weight is 319 g/mol. The van der Waals surface area contributed by atoms with Crippen LogP contribution in [-0.2, 0) is 19.1 Å². The average Bonchev–Trinajstić information content (AvgIpc) is 3.25. The number of rotatable bonds is 4. The van der Waals surface area contributed by atoms with Crippen molar-refractivity contribution in [3.63, 3.8) is 0 Å². The van der Waals surface area contributed by atoms with Gasteiger partial charge in [0.15, 0.2) is 0 Å². The molecule has 0 aromatic carbocycles. The highest BCUT2D eigenvalue weighted by atomic mass is 16.6. The van der Waals surface area contributed by atoms with Gasteiger partial charge in [-0.1, -0.05) is 38.8 Å². The molecule has 4 aliphatic rings. The molecule has 1 aliphatic carbocycles. The molecule has 4 rings (SSSR count). The third-order valence-electron chi connectivity index (χ3n) is 5.73. The fourth-order valence-electron chi connectivity index (χ4n) is 4.67. The van der Waals surface area contributed by atoms with E-state index >= 15 is 0 Å². The smallest absolute Gasteiger partial charge is 0.312 e. The molecule has 1 saturated carbocycles. The number of nitrogens with zero attached hydrogens (tertiary/aromatic N) is 1. The molecule has 0 radical (unpaired) electrons. The van der Waals surface area contributed by atoms with Crippen molar-refractivity contribution < 1.29 is 19.1 Å². The van der Waals surface area contributed by atoms with Crippen LogP contribution in [0.15, 0.2) is 12.2 Å². The summed E-state index contributed by atoms with van der Waals surface area (Å²) in [5.74, 6) is -0.760. The summed E-state index contributed by atoms with van der Waals surface area (Å²) < 4.78 is 11.5. The third kappa shape index (κ3) is 2.24. The van der Waals surface area contributed by atoms with Crippen molar-refractivity contribution in [3.8, 4) is 0 Å². The second kappa shape index (κ2) is 5.33. The fraction of sp³-hybridized carbons (Fsp3) is 0.778. The van der Waals surface area contributed by atoms with Crippen LogP contribution in [0.3, 0.4) is 0 Å². The molecule has 126 valence electrons. The summed E-state index contributed by atoms with van der Waals surface area (Å²) >= 11 is 0. The van der Waals surface area contributed by atoms with Crippen LogP contribution < -0.4 is 0 Å². The van der Waals surface area contributed by atoms with Gasteiger partial charge in [-0.3, -0.25) is 9.59 Å². The Kier molecular flexibility index (Phi) is 3.52. The van der Waals surface area contributed by atoms with Crippen LogP contribution in [0.2, 0.25) is 0 Å². The summed E-state index contributed by atoms with van der Waals surface area (Å²) in [4.78, 5) is 27.5. The summed E-state index contributed by atoms with van der Waals surface area (Å²) in [5, 5.41) is 0. The number of esters is 1. The van der Waals surface area contributed by atoms with Crippen molar-refractivity contribution in [3.05, 3.63) is 12.2 Å². The lowest BCUT2D eigenvalue weighted by Gasteiger charge is -2.26. The second-order valence-corrected chi connectivity index (χ2v) is 7.83. The Hall–Kier alpha value is -1.36. The molecule has 1 amide bonds. The van der Waals surface area contributed by atoms with Gasteiger partial charge in [0, 0.05) is 6.04 Å². The Morgan fingerprint density at radius 2 is 2.17 bits per heavy atom. The number of hydrogen-bond acceptors (Lipinski definition) is 4. The van der Waals surface area contributed by atoms with Crippen molar-refractivity contribution >= 4 is 11.9 Å². The quantitative estimate of drug-likeness (QED) is 0.587. The number of fused-ring (bicyclic) bond motifs is 1. The van der Waals surface area contributed by atoms with E-state index in [0.717, 1.165) is 12.8 Å². The fourth-order valence-corrected chi connectivity index (χ4v) is 4.67. The monoisotopic (exact) mass is 319 g/mol. The van der Waals surface area contributed by atoms with Crippen molar-refractivity contribution in [2.24, 2.45) is 17.8 Å². The zero-order valence-electron chi connectivity index (χ0n) is 13.9. The van der Waals surface area contributed by atoms with E-state index in [1.54, 1.807) is 0 Å². The lowest BCUT2D eigenvalue weighted by molar-refractivity contribution is -0.155. The lowest BCUT2D eigenvalue weighted by atomic mass is 9.77. The molecule has 0 unspecified atom stereocenters. The third-order valence-corrected chi connectivity index (χ3v) is 5.73. The predicted octanol–water partition coefficient (Wildman–Crippen LogP) is 1.91. The van der Waals surface area contributed by atoms with Gasteiger partial charge in [0.05, 0.1) is 25.2 Å². The van der Waals surface area contributed by atoms with Crippen molar-refractivity contribution in [1.82, 2.24) is 4.90 Å². The Balaban J connectivity index is 1.56. The van der Waals surface area contributed by atoms with E-state index in [2.05, 4.69) is 0 Å². The van der Waals surface area contributed by atoms with Crippen LogP contribution in [0.25, 0.3) is 0 Å². The maximum Gasteiger partial charge on any atom is 0.312 e. The first-order valence-corrected chi connectivity index (χ1v) is 8.86. The molecule has 4 atom stereocenters. The SMILES string of the molecule is CC(C)COC(=O)[C@@H]1[C@H]2C(=O)N(C3CCCC3)C[C@]23C=C[C@H]1O3. The van der Waals surface area contributed by atoms with E-state index in [1.807, 2.05) is 30.9 Å². The number of amides is 1. The molecule has 1 spiro atoms. The van der Waals surface area contributed by atoms with Crippen LogP contribution in [0.5, 0.6) is 0 Å². The van der Waals surface area contributed by atoms with E-state index in [1.165, 1.54) is 12.8 Å². The highest BCUT2D eigenvalue weighted by Crippen LogP contribution is 2.53. The van der Waals surface area contributed by atoms with Gasteiger partial charge in [0.25, 0.3) is 0 Å². The molecule has 3 heterocycles. The van der Waals surface area contributed by atoms with E-state index in [-0.39, 0.29) is 23.9 Å². The maximum absolute atomic E-state index is 13.0. The molecule has 3 aliphatic heterocycles. The highest BCUT2D eigenvalue weighted by Gasteiger charge is 2.67. The van der Waals surface area contributed by atoms with Crippen LogP contribution in [0.4, 0.5) is 0 Å². The van der Waals surface area contributed by atoms with Gasteiger partial charge in [-0.05, 0) is 18.8 Å². The van der Waals surface area contributed by atoms with E-state index < -0.39 is 17.4 Å². The maximum atomic E-state index is 13.0. The van der Waals surface area contributed by atoms with Crippen molar-refractivity contribution in [2.45, 2.75) is 57.3 Å². The first-order valence-electron chi connectivity index (χ1n) is 8.86. The van der Waals surface area contributed by atoms with Gasteiger partial charge < -0.3 is 14.4 Å². The molecule has 5 nitrogen and oxygen atoms in total.